The first-order chi connectivity index (χ1) is 13.1. The number of carbonyl (C=O) groups excluding carboxylic acids is 1. The Morgan fingerprint density at radius 3 is 2.50 bits per heavy atom. The predicted octanol–water partition coefficient (Wildman–Crippen LogP) is 2.50. The molecule has 9 heteroatoms. The second-order valence-electron chi connectivity index (χ2n) is 6.39. The molecule has 1 aliphatic heterocycles. The summed E-state index contributed by atoms with van der Waals surface area (Å²) in [5.74, 6) is -2.19. The Morgan fingerprint density at radius 1 is 1.39 bits per heavy atom. The summed E-state index contributed by atoms with van der Waals surface area (Å²) >= 11 is 0. The van der Waals surface area contributed by atoms with Crippen LogP contribution in [-0.4, -0.2) is 46.1 Å². The van der Waals surface area contributed by atoms with Gasteiger partial charge in [0.25, 0.3) is 5.69 Å². The van der Waals surface area contributed by atoms with Crippen molar-refractivity contribution in [3.05, 3.63) is 56.8 Å². The number of carboxylic acid groups (broad SMARTS) is 1. The molecule has 1 heterocycles. The highest BCUT2D eigenvalue weighted by atomic mass is 16.6. The van der Waals surface area contributed by atoms with E-state index in [4.69, 9.17) is 4.74 Å². The van der Waals surface area contributed by atoms with Gasteiger partial charge < -0.3 is 14.7 Å². The van der Waals surface area contributed by atoms with E-state index >= 15 is 0 Å². The zero-order valence-electron chi connectivity index (χ0n) is 15.8. The number of carboxylic acids is 1. The van der Waals surface area contributed by atoms with Crippen LogP contribution in [0, 0.1) is 21.4 Å². The zero-order chi connectivity index (χ0) is 21.2. The van der Waals surface area contributed by atoms with Gasteiger partial charge in [-0.2, -0.15) is 5.26 Å². The fourth-order valence-electron chi connectivity index (χ4n) is 3.39. The molecule has 146 valence electrons. The summed E-state index contributed by atoms with van der Waals surface area (Å²) in [6, 6.07) is 5.92. The van der Waals surface area contributed by atoms with Crippen LogP contribution < -0.4 is 0 Å². The maximum Gasteiger partial charge on any atom is 0.338 e. The molecule has 1 aromatic rings. The van der Waals surface area contributed by atoms with E-state index in [9.17, 15) is 30.1 Å². The fourth-order valence-corrected chi connectivity index (χ4v) is 3.39. The normalized spacial score (nSPS) is 16.9. The molecule has 1 unspecified atom stereocenters. The number of aliphatic carboxylic acids is 1. The van der Waals surface area contributed by atoms with Crippen LogP contribution in [0.5, 0.6) is 0 Å². The van der Waals surface area contributed by atoms with Gasteiger partial charge >= 0.3 is 11.9 Å². The fraction of sp³-hybridized carbons (Fsp3) is 0.316. The van der Waals surface area contributed by atoms with Crippen LogP contribution >= 0.6 is 0 Å². The molecule has 1 aromatic carbocycles. The first kappa shape index (κ1) is 20.6. The molecule has 0 aromatic heterocycles. The number of nitro benzene ring substituents is 1. The number of hydrogen-bond acceptors (Lipinski definition) is 7. The Balaban J connectivity index is 2.97. The number of allylic oxidation sites excluding steroid dienone is 1. The topological polar surface area (TPSA) is 134 Å². The number of rotatable bonds is 5. The molecule has 1 aliphatic rings. The zero-order valence-corrected chi connectivity index (χ0v) is 15.8. The number of esters is 1. The van der Waals surface area contributed by atoms with Gasteiger partial charge in [0.1, 0.15) is 6.04 Å². The summed E-state index contributed by atoms with van der Waals surface area (Å²) in [5.41, 5.74) is -0.262. The van der Waals surface area contributed by atoms with Crippen molar-refractivity contribution < 1.29 is 24.4 Å². The third-order valence-corrected chi connectivity index (χ3v) is 4.46. The van der Waals surface area contributed by atoms with E-state index in [0.717, 1.165) is 7.11 Å². The smallest absolute Gasteiger partial charge is 0.338 e. The van der Waals surface area contributed by atoms with Gasteiger partial charge in [-0.15, -0.1) is 0 Å². The van der Waals surface area contributed by atoms with Crippen molar-refractivity contribution in [1.82, 2.24) is 4.90 Å². The van der Waals surface area contributed by atoms with Crippen molar-refractivity contribution in [3.8, 4) is 6.07 Å². The first-order valence-corrected chi connectivity index (χ1v) is 8.35. The summed E-state index contributed by atoms with van der Waals surface area (Å²) in [5, 5.41) is 30.8. The molecule has 9 nitrogen and oxygen atoms in total. The van der Waals surface area contributed by atoms with Crippen molar-refractivity contribution in [3.63, 3.8) is 0 Å². The van der Waals surface area contributed by atoms with E-state index < -0.39 is 22.9 Å². The van der Waals surface area contributed by atoms with E-state index in [1.54, 1.807) is 20.8 Å². The quantitative estimate of drug-likeness (QED) is 0.464. The maximum atomic E-state index is 12.6. The van der Waals surface area contributed by atoms with Crippen LogP contribution in [0.1, 0.15) is 26.3 Å². The van der Waals surface area contributed by atoms with Crippen LogP contribution in [0.15, 0.2) is 41.1 Å². The van der Waals surface area contributed by atoms with Crippen LogP contribution in [0.4, 0.5) is 5.69 Å². The van der Waals surface area contributed by atoms with Gasteiger partial charge in [-0.3, -0.25) is 10.1 Å². The number of benzene rings is 1. The summed E-state index contributed by atoms with van der Waals surface area (Å²) in [4.78, 5) is 36.7. The Morgan fingerprint density at radius 2 is 2.04 bits per heavy atom. The van der Waals surface area contributed by atoms with E-state index in [-0.39, 0.29) is 39.7 Å². The second-order valence-corrected chi connectivity index (χ2v) is 6.39. The standard InChI is InChI=1S/C19H19N3O6/c1-10(2)21-11(3)15(18(23)24)16(17(14(21)9-20)19(25)28-4)12-6-5-7-13(8-12)22(26)27/h5-8,10,14H,1-4H3,(H,23,24). The van der Waals surface area contributed by atoms with E-state index in [2.05, 4.69) is 0 Å². The highest BCUT2D eigenvalue weighted by molar-refractivity contribution is 6.14. The molecular formula is C19H19N3O6. The molecule has 0 saturated carbocycles. The molecule has 0 radical (unpaired) electrons. The van der Waals surface area contributed by atoms with Crippen LogP contribution in [-0.2, 0) is 14.3 Å². The van der Waals surface area contributed by atoms with Crippen molar-refractivity contribution in [2.24, 2.45) is 0 Å². The molecule has 0 aliphatic carbocycles. The predicted molar refractivity (Wildman–Crippen MR) is 98.7 cm³/mol. The monoisotopic (exact) mass is 385 g/mol. The molecule has 0 bridgehead atoms. The second kappa shape index (κ2) is 7.92. The summed E-state index contributed by atoms with van der Waals surface area (Å²) < 4.78 is 4.82. The lowest BCUT2D eigenvalue weighted by molar-refractivity contribution is -0.384. The number of nitrogens with zero attached hydrogens (tertiary/aromatic N) is 3. The van der Waals surface area contributed by atoms with Gasteiger partial charge in [0.2, 0.25) is 0 Å². The molecule has 0 fully saturated rings. The Kier molecular flexibility index (Phi) is 5.84. The van der Waals surface area contributed by atoms with E-state index in [0.29, 0.717) is 0 Å². The minimum atomic E-state index is -1.32. The summed E-state index contributed by atoms with van der Waals surface area (Å²) in [6.45, 7) is 5.07. The van der Waals surface area contributed by atoms with Gasteiger partial charge in [-0.05, 0) is 26.3 Å². The largest absolute Gasteiger partial charge is 0.478 e. The van der Waals surface area contributed by atoms with Gasteiger partial charge in [-0.25, -0.2) is 9.59 Å². The number of non-ortho nitro benzene ring substituents is 1. The molecule has 0 saturated heterocycles. The van der Waals surface area contributed by atoms with Crippen molar-refractivity contribution in [1.29, 1.82) is 5.26 Å². The number of ether oxygens (including phenoxy) is 1. The Labute approximate surface area is 161 Å². The molecule has 2 rings (SSSR count). The number of carbonyl (C=O) groups is 2. The molecule has 0 amide bonds. The van der Waals surface area contributed by atoms with Crippen molar-refractivity contribution in [2.45, 2.75) is 32.9 Å². The van der Waals surface area contributed by atoms with Crippen LogP contribution in [0.25, 0.3) is 5.57 Å². The number of hydrogen-bond donors (Lipinski definition) is 1. The number of methoxy groups -OCH3 is 1. The van der Waals surface area contributed by atoms with Crippen LogP contribution in [0.3, 0.4) is 0 Å². The van der Waals surface area contributed by atoms with Crippen LogP contribution in [0.2, 0.25) is 0 Å². The van der Waals surface area contributed by atoms with Crippen molar-refractivity contribution >= 4 is 23.2 Å². The lowest BCUT2D eigenvalue weighted by Gasteiger charge is -2.39. The maximum absolute atomic E-state index is 12.6. The average molecular weight is 385 g/mol. The van der Waals surface area contributed by atoms with Gasteiger partial charge in [0.05, 0.1) is 29.2 Å². The summed E-state index contributed by atoms with van der Waals surface area (Å²) in [6.07, 6.45) is 0. The molecule has 28 heavy (non-hydrogen) atoms. The van der Waals surface area contributed by atoms with Gasteiger partial charge in [0.15, 0.2) is 0 Å². The lowest BCUT2D eigenvalue weighted by Crippen LogP contribution is -2.45. The first-order valence-electron chi connectivity index (χ1n) is 8.35. The molecule has 1 N–H and O–H groups in total. The van der Waals surface area contributed by atoms with E-state index in [1.165, 1.54) is 29.2 Å². The third-order valence-electron chi connectivity index (χ3n) is 4.46. The third kappa shape index (κ3) is 3.44. The Bertz CT molecular complexity index is 955. The minimum Gasteiger partial charge on any atom is -0.478 e. The molecule has 1 atom stereocenters. The van der Waals surface area contributed by atoms with Crippen molar-refractivity contribution in [2.75, 3.05) is 7.11 Å². The Hall–Kier alpha value is -3.67. The number of nitriles is 1. The highest BCUT2D eigenvalue weighted by Gasteiger charge is 2.41. The SMILES string of the molecule is COC(=O)C1=C(c2cccc([N+](=O)[O-])c2)C(C(=O)O)=C(C)N(C(C)C)C1C#N. The average Bonchev–Trinajstić information content (AvgIpc) is 2.65. The van der Waals surface area contributed by atoms with Gasteiger partial charge in [-0.1, -0.05) is 12.1 Å². The highest BCUT2D eigenvalue weighted by Crippen LogP contribution is 2.40. The van der Waals surface area contributed by atoms with E-state index in [1.807, 2.05) is 6.07 Å². The summed E-state index contributed by atoms with van der Waals surface area (Å²) in [7, 11) is 1.13. The lowest BCUT2D eigenvalue weighted by atomic mass is 9.83. The molecule has 0 spiro atoms. The molecular weight excluding hydrogens is 366 g/mol. The van der Waals surface area contributed by atoms with Gasteiger partial charge in [0, 0.05) is 29.4 Å². The number of nitro groups is 1. The minimum absolute atomic E-state index is 0.0519.